The largest absolute Gasteiger partial charge is 0.465 e. The summed E-state index contributed by atoms with van der Waals surface area (Å²) in [6.07, 6.45) is 4.55. The van der Waals surface area contributed by atoms with E-state index in [9.17, 15) is 4.79 Å². The van der Waals surface area contributed by atoms with Crippen molar-refractivity contribution < 1.29 is 9.53 Å². The summed E-state index contributed by atoms with van der Waals surface area (Å²) in [4.78, 5) is 13.5. The second-order valence-electron chi connectivity index (χ2n) is 6.25. The van der Waals surface area contributed by atoms with Gasteiger partial charge >= 0.3 is 5.97 Å². The lowest BCUT2D eigenvalue weighted by Gasteiger charge is -2.11. The van der Waals surface area contributed by atoms with Gasteiger partial charge in [-0.25, -0.2) is 4.79 Å². The molecular formula is C20H21BrN4O2S2. The first-order chi connectivity index (χ1) is 14.0. The number of methoxy groups -OCH3 is 1. The number of halogens is 1. The van der Waals surface area contributed by atoms with Gasteiger partial charge in [0.25, 0.3) is 0 Å². The highest BCUT2D eigenvalue weighted by atomic mass is 79.9. The molecule has 0 bridgehead atoms. The molecule has 0 fully saturated rings. The number of hydrogen-bond donors (Lipinski definition) is 2. The van der Waals surface area contributed by atoms with E-state index in [1.807, 2.05) is 48.1 Å². The predicted octanol–water partition coefficient (Wildman–Crippen LogP) is 4.85. The van der Waals surface area contributed by atoms with Crippen molar-refractivity contribution in [3.8, 4) is 11.1 Å². The van der Waals surface area contributed by atoms with Gasteiger partial charge in [-0.2, -0.15) is 5.10 Å². The van der Waals surface area contributed by atoms with E-state index in [0.717, 1.165) is 33.4 Å². The highest BCUT2D eigenvalue weighted by molar-refractivity contribution is 9.10. The molecule has 0 atom stereocenters. The fourth-order valence-electron chi connectivity index (χ4n) is 2.93. The monoisotopic (exact) mass is 492 g/mol. The Kier molecular flexibility index (Phi) is 7.40. The molecule has 0 saturated carbocycles. The molecule has 3 aromatic rings. The molecule has 152 valence electrons. The van der Waals surface area contributed by atoms with Gasteiger partial charge < -0.3 is 15.4 Å². The van der Waals surface area contributed by atoms with E-state index in [1.54, 1.807) is 6.20 Å². The number of esters is 1. The van der Waals surface area contributed by atoms with Gasteiger partial charge in [-0.05, 0) is 47.1 Å². The van der Waals surface area contributed by atoms with Crippen molar-refractivity contribution in [3.63, 3.8) is 0 Å². The maximum atomic E-state index is 12.5. The lowest BCUT2D eigenvalue weighted by atomic mass is 10.0. The summed E-state index contributed by atoms with van der Waals surface area (Å²) in [6.45, 7) is 3.46. The van der Waals surface area contributed by atoms with Crippen LogP contribution >= 0.6 is 39.5 Å². The average molecular weight is 493 g/mol. The molecule has 0 aliphatic carbocycles. The number of aryl methyl sites for hydroxylation is 2. The summed E-state index contributed by atoms with van der Waals surface area (Å²) in [6, 6.07) is 9.81. The number of benzene rings is 1. The summed E-state index contributed by atoms with van der Waals surface area (Å²) >= 11 is 10.3. The Labute approximate surface area is 187 Å². The number of anilines is 1. The maximum Gasteiger partial charge on any atom is 0.341 e. The molecule has 0 spiro atoms. The van der Waals surface area contributed by atoms with Gasteiger partial charge in [0.1, 0.15) is 10.6 Å². The Morgan fingerprint density at radius 2 is 2.10 bits per heavy atom. The molecule has 0 radical (unpaired) electrons. The fourth-order valence-corrected chi connectivity index (χ4v) is 4.60. The zero-order valence-corrected chi connectivity index (χ0v) is 19.3. The van der Waals surface area contributed by atoms with Crippen molar-refractivity contribution in [2.45, 2.75) is 19.9 Å². The van der Waals surface area contributed by atoms with Crippen LogP contribution in [0.25, 0.3) is 11.1 Å². The van der Waals surface area contributed by atoms with Gasteiger partial charge in [-0.3, -0.25) is 4.68 Å². The van der Waals surface area contributed by atoms with E-state index in [-0.39, 0.29) is 5.97 Å². The average Bonchev–Trinajstić information content (AvgIpc) is 3.27. The number of nitrogens with one attached hydrogen (secondary N) is 2. The quantitative estimate of drug-likeness (QED) is 0.279. The molecule has 0 unspecified atom stereocenters. The van der Waals surface area contributed by atoms with Crippen LogP contribution in [0.1, 0.15) is 21.7 Å². The first-order valence-electron chi connectivity index (χ1n) is 8.99. The molecule has 6 nitrogen and oxygen atoms in total. The Morgan fingerprint density at radius 3 is 2.76 bits per heavy atom. The highest BCUT2D eigenvalue weighted by Gasteiger charge is 2.24. The van der Waals surface area contributed by atoms with Crippen molar-refractivity contribution in [2.75, 3.05) is 19.0 Å². The standard InChI is InChI=1S/C20H21BrN4O2S2/c1-13-16(14-7-4-3-5-8-14)17(19(26)27-2)18(29-13)24-20(28)22-9-6-10-25-12-15(21)11-23-25/h3-5,7-8,11-12H,6,9-10H2,1-2H3,(H2,22,24,28). The van der Waals surface area contributed by atoms with Gasteiger partial charge in [0, 0.05) is 29.7 Å². The summed E-state index contributed by atoms with van der Waals surface area (Å²) in [5, 5.41) is 11.7. The minimum Gasteiger partial charge on any atom is -0.465 e. The third kappa shape index (κ3) is 5.43. The number of thiocarbonyl (C=S) groups is 1. The van der Waals surface area contributed by atoms with E-state index in [1.165, 1.54) is 18.4 Å². The van der Waals surface area contributed by atoms with Crippen molar-refractivity contribution in [1.82, 2.24) is 15.1 Å². The molecule has 3 rings (SSSR count). The van der Waals surface area contributed by atoms with E-state index >= 15 is 0 Å². The third-order valence-electron chi connectivity index (χ3n) is 4.21. The maximum absolute atomic E-state index is 12.5. The number of rotatable bonds is 7. The van der Waals surface area contributed by atoms with E-state index in [0.29, 0.717) is 22.2 Å². The minimum absolute atomic E-state index is 0.386. The van der Waals surface area contributed by atoms with Gasteiger partial charge in [0.15, 0.2) is 5.11 Å². The lowest BCUT2D eigenvalue weighted by Crippen LogP contribution is -2.30. The normalized spacial score (nSPS) is 10.6. The molecule has 0 saturated heterocycles. The summed E-state index contributed by atoms with van der Waals surface area (Å²) in [5.41, 5.74) is 2.35. The number of hydrogen-bond acceptors (Lipinski definition) is 5. The van der Waals surface area contributed by atoms with Gasteiger partial charge in [-0.1, -0.05) is 30.3 Å². The van der Waals surface area contributed by atoms with Crippen LogP contribution in [0.15, 0.2) is 47.2 Å². The van der Waals surface area contributed by atoms with Crippen LogP contribution in [0, 0.1) is 6.92 Å². The summed E-state index contributed by atoms with van der Waals surface area (Å²) in [5.74, 6) is -0.386. The van der Waals surface area contributed by atoms with E-state index < -0.39 is 0 Å². The zero-order valence-electron chi connectivity index (χ0n) is 16.1. The molecule has 0 aliphatic heterocycles. The van der Waals surface area contributed by atoms with Crippen molar-refractivity contribution >= 4 is 55.6 Å². The highest BCUT2D eigenvalue weighted by Crippen LogP contribution is 2.40. The molecule has 0 aliphatic rings. The van der Waals surface area contributed by atoms with Gasteiger partial charge in [0.2, 0.25) is 0 Å². The van der Waals surface area contributed by atoms with Crippen LogP contribution in [0.4, 0.5) is 5.00 Å². The molecule has 0 amide bonds. The molecule has 2 N–H and O–H groups in total. The van der Waals surface area contributed by atoms with Gasteiger partial charge in [-0.15, -0.1) is 11.3 Å². The van der Waals surface area contributed by atoms with Gasteiger partial charge in [0.05, 0.1) is 17.8 Å². The first-order valence-corrected chi connectivity index (χ1v) is 11.0. The van der Waals surface area contributed by atoms with E-state index in [4.69, 9.17) is 17.0 Å². The number of aromatic nitrogens is 2. The van der Waals surface area contributed by atoms with E-state index in [2.05, 4.69) is 31.7 Å². The molecule has 2 aromatic heterocycles. The van der Waals surface area contributed by atoms with Crippen LogP contribution in [0.3, 0.4) is 0 Å². The number of thiophene rings is 1. The van der Waals surface area contributed by atoms with Crippen molar-refractivity contribution in [2.24, 2.45) is 0 Å². The molecule has 29 heavy (non-hydrogen) atoms. The number of nitrogens with zero attached hydrogens (tertiary/aromatic N) is 2. The molecule has 9 heteroatoms. The Morgan fingerprint density at radius 1 is 1.34 bits per heavy atom. The van der Waals surface area contributed by atoms with Crippen LogP contribution in [0.5, 0.6) is 0 Å². The Bertz CT molecular complexity index is 1000. The van der Waals surface area contributed by atoms with Crippen molar-refractivity contribution in [1.29, 1.82) is 0 Å². The Hall–Kier alpha value is -2.23. The van der Waals surface area contributed by atoms with Crippen molar-refractivity contribution in [3.05, 3.63) is 57.6 Å². The number of carbonyl (C=O) groups excluding carboxylic acids is 1. The topological polar surface area (TPSA) is 68.2 Å². The SMILES string of the molecule is COC(=O)c1c(NC(=S)NCCCn2cc(Br)cn2)sc(C)c1-c1ccccc1. The van der Waals surface area contributed by atoms with Crippen LogP contribution in [0.2, 0.25) is 0 Å². The van der Waals surface area contributed by atoms with Crippen LogP contribution in [-0.4, -0.2) is 34.5 Å². The second kappa shape index (κ2) is 10.00. The zero-order chi connectivity index (χ0) is 20.8. The number of ether oxygens (including phenoxy) is 1. The smallest absolute Gasteiger partial charge is 0.341 e. The van der Waals surface area contributed by atoms with Crippen LogP contribution in [-0.2, 0) is 11.3 Å². The molecular weight excluding hydrogens is 472 g/mol. The summed E-state index contributed by atoms with van der Waals surface area (Å²) in [7, 11) is 1.39. The third-order valence-corrected chi connectivity index (χ3v) is 5.89. The lowest BCUT2D eigenvalue weighted by molar-refractivity contribution is 0.0603. The first kappa shape index (κ1) is 21.5. The summed E-state index contributed by atoms with van der Waals surface area (Å²) < 4.78 is 7.86. The predicted molar refractivity (Wildman–Crippen MR) is 125 cm³/mol. The number of carbonyl (C=O) groups is 1. The fraction of sp³-hybridized carbons (Fsp3) is 0.250. The Balaban J connectivity index is 1.68. The minimum atomic E-state index is -0.386. The van der Waals surface area contributed by atoms with Crippen LogP contribution < -0.4 is 10.6 Å². The molecule has 1 aromatic carbocycles. The molecule has 2 heterocycles. The second-order valence-corrected chi connectivity index (χ2v) is 8.80.